The van der Waals surface area contributed by atoms with Gasteiger partial charge in [-0.15, -0.1) is 0 Å². The first-order valence-electron chi connectivity index (χ1n) is 9.40. The molecule has 2 aromatic rings. The number of anilines is 1. The Balaban J connectivity index is 1.58. The molecule has 32 heavy (non-hydrogen) atoms. The Morgan fingerprint density at radius 2 is 1.84 bits per heavy atom. The van der Waals surface area contributed by atoms with E-state index < -0.39 is 57.2 Å². The van der Waals surface area contributed by atoms with Crippen molar-refractivity contribution in [3.8, 4) is 0 Å². The smallest absolute Gasteiger partial charge is 0.325 e. The van der Waals surface area contributed by atoms with Crippen molar-refractivity contribution in [1.29, 1.82) is 0 Å². The van der Waals surface area contributed by atoms with E-state index in [0.717, 1.165) is 18.2 Å². The molecule has 0 bridgehead atoms. The lowest BCUT2D eigenvalue weighted by Gasteiger charge is -2.32. The van der Waals surface area contributed by atoms with Gasteiger partial charge in [-0.05, 0) is 48.9 Å². The second-order valence-electron chi connectivity index (χ2n) is 7.43. The summed E-state index contributed by atoms with van der Waals surface area (Å²) in [5.41, 5.74) is 3.76. The Morgan fingerprint density at radius 1 is 1.16 bits per heavy atom. The topological polar surface area (TPSA) is 156 Å². The minimum Gasteiger partial charge on any atom is -0.366 e. The van der Waals surface area contributed by atoms with Gasteiger partial charge < -0.3 is 16.4 Å². The normalized spacial score (nSPS) is 21.2. The third-order valence-electron chi connectivity index (χ3n) is 5.41. The van der Waals surface area contributed by atoms with Crippen LogP contribution in [-0.2, 0) is 25.0 Å². The Morgan fingerprint density at radius 3 is 2.50 bits per heavy atom. The Labute approximate surface area is 181 Å². The zero-order valence-corrected chi connectivity index (χ0v) is 17.2. The zero-order valence-electron chi connectivity index (χ0n) is 16.4. The molecular formula is C20H17FN4O6S. The molecule has 10 nitrogen and oxygen atoms in total. The average Bonchev–Trinajstić information content (AvgIpc) is 2.96. The highest BCUT2D eigenvalue weighted by molar-refractivity contribution is 7.91. The zero-order chi connectivity index (χ0) is 23.3. The van der Waals surface area contributed by atoms with Crippen molar-refractivity contribution >= 4 is 39.3 Å². The van der Waals surface area contributed by atoms with E-state index in [1.54, 1.807) is 0 Å². The Bertz CT molecular complexity index is 1280. The number of sulfone groups is 1. The number of amides is 5. The number of nitrogens with one attached hydrogen (secondary N) is 2. The van der Waals surface area contributed by atoms with Gasteiger partial charge in [-0.3, -0.25) is 19.3 Å². The summed E-state index contributed by atoms with van der Waals surface area (Å²) < 4.78 is 38.7. The highest BCUT2D eigenvalue weighted by Gasteiger charge is 2.56. The molecule has 0 aliphatic carbocycles. The molecule has 4 N–H and O–H groups in total. The number of carbonyl (C=O) groups is 4. The fourth-order valence-corrected chi connectivity index (χ4v) is 5.46. The lowest BCUT2D eigenvalue weighted by molar-refractivity contribution is -0.134. The van der Waals surface area contributed by atoms with Crippen LogP contribution < -0.4 is 16.4 Å². The van der Waals surface area contributed by atoms with Gasteiger partial charge in [0.15, 0.2) is 9.84 Å². The van der Waals surface area contributed by atoms with Crippen molar-refractivity contribution in [2.75, 3.05) is 17.6 Å². The standard InChI is InChI=1S/C20H17FN4O6S/c21-12-3-6-15-14(9-12)20(7-8-32(15,30)31)18(28)25(19(29)24-20)10-16(26)23-13-4-1-11(2-5-13)17(22)27/h1-6,9H,7-8,10H2,(H2,22,27)(H,23,26)(H,24,29)/t20-/m1/s1. The van der Waals surface area contributed by atoms with Gasteiger partial charge in [0.25, 0.3) is 5.91 Å². The van der Waals surface area contributed by atoms with Crippen LogP contribution in [0, 0.1) is 5.82 Å². The predicted octanol–water partition coefficient (Wildman–Crippen LogP) is 0.488. The molecule has 12 heteroatoms. The predicted molar refractivity (Wildman–Crippen MR) is 109 cm³/mol. The van der Waals surface area contributed by atoms with Crippen molar-refractivity contribution < 1.29 is 32.0 Å². The van der Waals surface area contributed by atoms with E-state index >= 15 is 0 Å². The monoisotopic (exact) mass is 460 g/mol. The fourth-order valence-electron chi connectivity index (χ4n) is 3.82. The van der Waals surface area contributed by atoms with Crippen LogP contribution in [0.25, 0.3) is 0 Å². The third-order valence-corrected chi connectivity index (χ3v) is 7.18. The maximum absolute atomic E-state index is 13.9. The second-order valence-corrected chi connectivity index (χ2v) is 9.50. The molecular weight excluding hydrogens is 443 g/mol. The molecule has 4 rings (SSSR count). The fraction of sp³-hybridized carbons (Fsp3) is 0.200. The molecule has 0 aromatic heterocycles. The number of halogens is 1. The molecule has 0 unspecified atom stereocenters. The first-order chi connectivity index (χ1) is 15.0. The van der Waals surface area contributed by atoms with E-state index in [1.165, 1.54) is 24.3 Å². The van der Waals surface area contributed by atoms with E-state index in [2.05, 4.69) is 10.6 Å². The molecule has 5 amide bonds. The maximum Gasteiger partial charge on any atom is 0.325 e. The van der Waals surface area contributed by atoms with Gasteiger partial charge in [-0.1, -0.05) is 0 Å². The minimum atomic E-state index is -3.75. The van der Waals surface area contributed by atoms with Crippen molar-refractivity contribution in [3.63, 3.8) is 0 Å². The van der Waals surface area contributed by atoms with Gasteiger partial charge in [-0.2, -0.15) is 0 Å². The van der Waals surface area contributed by atoms with Gasteiger partial charge in [-0.25, -0.2) is 17.6 Å². The van der Waals surface area contributed by atoms with Crippen LogP contribution in [0.15, 0.2) is 47.4 Å². The number of hydrogen-bond acceptors (Lipinski definition) is 6. The number of carbonyl (C=O) groups excluding carboxylic acids is 4. The van der Waals surface area contributed by atoms with Gasteiger partial charge in [0.2, 0.25) is 11.8 Å². The van der Waals surface area contributed by atoms with Gasteiger partial charge in [0.1, 0.15) is 17.9 Å². The summed E-state index contributed by atoms with van der Waals surface area (Å²) >= 11 is 0. The van der Waals surface area contributed by atoms with E-state index in [1.807, 2.05) is 0 Å². The molecule has 2 aliphatic heterocycles. The van der Waals surface area contributed by atoms with Crippen LogP contribution in [0.4, 0.5) is 14.9 Å². The average molecular weight is 460 g/mol. The molecule has 1 spiro atoms. The molecule has 1 fully saturated rings. The summed E-state index contributed by atoms with van der Waals surface area (Å²) in [6.07, 6.45) is -0.289. The lowest BCUT2D eigenvalue weighted by atomic mass is 9.86. The van der Waals surface area contributed by atoms with Crippen molar-refractivity contribution in [3.05, 3.63) is 59.4 Å². The number of urea groups is 1. The molecule has 1 atom stereocenters. The highest BCUT2D eigenvalue weighted by atomic mass is 32.2. The van der Waals surface area contributed by atoms with Crippen LogP contribution in [0.5, 0.6) is 0 Å². The summed E-state index contributed by atoms with van der Waals surface area (Å²) in [5.74, 6) is -3.38. The van der Waals surface area contributed by atoms with Gasteiger partial charge in [0, 0.05) is 16.8 Å². The quantitative estimate of drug-likeness (QED) is 0.445. The van der Waals surface area contributed by atoms with Crippen LogP contribution in [0.3, 0.4) is 0 Å². The minimum absolute atomic E-state index is 0.160. The molecule has 166 valence electrons. The summed E-state index contributed by atoms with van der Waals surface area (Å²) in [7, 11) is -3.75. The van der Waals surface area contributed by atoms with Crippen LogP contribution in [0.2, 0.25) is 0 Å². The molecule has 0 saturated carbocycles. The molecule has 2 aliphatic rings. The number of nitrogens with zero attached hydrogens (tertiary/aromatic N) is 1. The highest BCUT2D eigenvalue weighted by Crippen LogP contribution is 2.41. The van der Waals surface area contributed by atoms with Crippen LogP contribution in [-0.4, -0.2) is 49.4 Å². The molecule has 0 radical (unpaired) electrons. The molecule has 2 aromatic carbocycles. The van der Waals surface area contributed by atoms with Gasteiger partial charge in [0.05, 0.1) is 10.6 Å². The van der Waals surface area contributed by atoms with E-state index in [0.29, 0.717) is 10.6 Å². The molecule has 1 saturated heterocycles. The summed E-state index contributed by atoms with van der Waals surface area (Å²) in [5, 5.41) is 4.94. The van der Waals surface area contributed by atoms with E-state index in [9.17, 15) is 32.0 Å². The van der Waals surface area contributed by atoms with E-state index in [-0.39, 0.29) is 22.4 Å². The summed E-state index contributed by atoms with van der Waals surface area (Å²) in [4.78, 5) is 49.7. The van der Waals surface area contributed by atoms with E-state index in [4.69, 9.17) is 5.73 Å². The van der Waals surface area contributed by atoms with Crippen molar-refractivity contribution in [2.45, 2.75) is 16.9 Å². The first-order valence-corrected chi connectivity index (χ1v) is 11.1. The molecule has 2 heterocycles. The largest absolute Gasteiger partial charge is 0.366 e. The number of nitrogens with two attached hydrogens (primary N) is 1. The van der Waals surface area contributed by atoms with Crippen molar-refractivity contribution in [2.24, 2.45) is 5.73 Å². The SMILES string of the molecule is NC(=O)c1ccc(NC(=O)CN2C(=O)N[C@@]3(CCS(=O)(=O)c4ccc(F)cc43)C2=O)cc1. The number of hydrogen-bond donors (Lipinski definition) is 3. The second kappa shape index (κ2) is 7.41. The van der Waals surface area contributed by atoms with Gasteiger partial charge >= 0.3 is 6.03 Å². The summed E-state index contributed by atoms with van der Waals surface area (Å²) in [6.45, 7) is -0.651. The van der Waals surface area contributed by atoms with Crippen LogP contribution in [0.1, 0.15) is 22.3 Å². The number of fused-ring (bicyclic) bond motifs is 2. The number of primary amides is 1. The number of benzene rings is 2. The van der Waals surface area contributed by atoms with Crippen molar-refractivity contribution in [1.82, 2.24) is 10.2 Å². The lowest BCUT2D eigenvalue weighted by Crippen LogP contribution is -2.49. The Kier molecular flexibility index (Phi) is 4.96. The number of rotatable bonds is 4. The van der Waals surface area contributed by atoms with Crippen LogP contribution >= 0.6 is 0 Å². The third kappa shape index (κ3) is 3.47. The maximum atomic E-state index is 13.9. The summed E-state index contributed by atoms with van der Waals surface area (Å²) in [6, 6.07) is 7.68. The first kappa shape index (κ1) is 21.4. The Hall–Kier alpha value is -3.80. The number of imide groups is 1.